The molecular weight excluding hydrogens is 256 g/mol. The van der Waals surface area contributed by atoms with Crippen molar-refractivity contribution in [1.82, 2.24) is 29.3 Å². The van der Waals surface area contributed by atoms with E-state index in [2.05, 4.69) is 25.4 Å². The van der Waals surface area contributed by atoms with Crippen molar-refractivity contribution < 1.29 is 0 Å². The summed E-state index contributed by atoms with van der Waals surface area (Å²) in [4.78, 5) is 13.2. The van der Waals surface area contributed by atoms with Crippen molar-refractivity contribution in [2.45, 2.75) is 20.4 Å². The zero-order chi connectivity index (χ0) is 14.1. The van der Waals surface area contributed by atoms with Crippen molar-refractivity contribution in [2.75, 3.05) is 17.6 Å². The van der Waals surface area contributed by atoms with Crippen molar-refractivity contribution in [3.8, 4) is 5.95 Å². The molecule has 0 saturated heterocycles. The number of hydrogen-bond donors (Lipinski definition) is 2. The summed E-state index contributed by atoms with van der Waals surface area (Å²) in [5, 5.41) is 7.28. The van der Waals surface area contributed by atoms with E-state index in [1.54, 1.807) is 10.9 Å². The number of fused-ring (bicyclic) bond motifs is 1. The molecule has 3 N–H and O–H groups in total. The van der Waals surface area contributed by atoms with Gasteiger partial charge in [0, 0.05) is 25.5 Å². The average molecular weight is 272 g/mol. The third kappa shape index (κ3) is 1.85. The van der Waals surface area contributed by atoms with Crippen LogP contribution in [0.2, 0.25) is 0 Å². The van der Waals surface area contributed by atoms with Gasteiger partial charge in [0.05, 0.1) is 0 Å². The number of imidazole rings is 1. The summed E-state index contributed by atoms with van der Waals surface area (Å²) in [6, 6.07) is 1.85. The summed E-state index contributed by atoms with van der Waals surface area (Å²) in [6.07, 6.45) is 3.54. The summed E-state index contributed by atoms with van der Waals surface area (Å²) in [5.41, 5.74) is 7.29. The number of aromatic nitrogens is 6. The maximum atomic E-state index is 5.98. The smallest absolute Gasteiger partial charge is 0.233 e. The standard InChI is InChI=1S/C12H16N8/c1-3-14-11-17-9(13)8-10(18-11)19(4-2)12(16-8)20-7-5-6-15-20/h5-7H,3-4H2,1-2H3,(H3,13,14,17,18). The Morgan fingerprint density at radius 2 is 2.10 bits per heavy atom. The van der Waals surface area contributed by atoms with Crippen molar-refractivity contribution >= 4 is 22.9 Å². The monoisotopic (exact) mass is 272 g/mol. The quantitative estimate of drug-likeness (QED) is 0.736. The number of nitrogens with two attached hydrogens (primary N) is 1. The molecule has 3 heterocycles. The Kier molecular flexibility index (Phi) is 2.97. The van der Waals surface area contributed by atoms with Crippen LogP contribution in [0.5, 0.6) is 0 Å². The number of anilines is 2. The predicted molar refractivity (Wildman–Crippen MR) is 76.7 cm³/mol. The molecule has 8 nitrogen and oxygen atoms in total. The van der Waals surface area contributed by atoms with Crippen molar-refractivity contribution in [3.05, 3.63) is 18.5 Å². The molecular formula is C12H16N8. The van der Waals surface area contributed by atoms with Crippen LogP contribution < -0.4 is 11.1 Å². The number of aryl methyl sites for hydroxylation is 1. The summed E-state index contributed by atoms with van der Waals surface area (Å²) in [6.45, 7) is 5.46. The molecule has 3 aromatic heterocycles. The lowest BCUT2D eigenvalue weighted by Crippen LogP contribution is -2.08. The Bertz CT molecular complexity index is 728. The third-order valence-electron chi connectivity index (χ3n) is 2.96. The van der Waals surface area contributed by atoms with Gasteiger partial charge in [-0.05, 0) is 19.9 Å². The van der Waals surface area contributed by atoms with Gasteiger partial charge in [-0.3, -0.25) is 4.57 Å². The molecule has 0 aliphatic rings. The maximum absolute atomic E-state index is 5.98. The fourth-order valence-corrected chi connectivity index (χ4v) is 2.10. The first-order chi connectivity index (χ1) is 9.74. The Labute approximate surface area is 115 Å². The summed E-state index contributed by atoms with van der Waals surface area (Å²) >= 11 is 0. The van der Waals surface area contributed by atoms with E-state index in [0.717, 1.165) is 6.54 Å². The van der Waals surface area contributed by atoms with E-state index in [9.17, 15) is 0 Å². The molecule has 0 aliphatic heterocycles. The molecule has 3 aromatic rings. The maximum Gasteiger partial charge on any atom is 0.233 e. The van der Waals surface area contributed by atoms with Gasteiger partial charge in [-0.2, -0.15) is 15.1 Å². The first-order valence-corrected chi connectivity index (χ1v) is 6.52. The molecule has 8 heteroatoms. The van der Waals surface area contributed by atoms with E-state index in [1.165, 1.54) is 0 Å². The highest BCUT2D eigenvalue weighted by Gasteiger charge is 2.16. The molecule has 0 fully saturated rings. The lowest BCUT2D eigenvalue weighted by atomic mass is 10.5. The highest BCUT2D eigenvalue weighted by Crippen LogP contribution is 2.22. The zero-order valence-corrected chi connectivity index (χ0v) is 11.4. The topological polar surface area (TPSA) is 99.5 Å². The second kappa shape index (κ2) is 4.80. The predicted octanol–water partition coefficient (Wildman–Crippen LogP) is 1.05. The molecule has 0 aromatic carbocycles. The van der Waals surface area contributed by atoms with Gasteiger partial charge in [0.1, 0.15) is 0 Å². The lowest BCUT2D eigenvalue weighted by molar-refractivity contribution is 0.697. The van der Waals surface area contributed by atoms with Crippen LogP contribution in [0.15, 0.2) is 18.5 Å². The SMILES string of the molecule is CCNc1nc(N)c2nc(-n3cccn3)n(CC)c2n1. The third-order valence-corrected chi connectivity index (χ3v) is 2.96. The van der Waals surface area contributed by atoms with Crippen LogP contribution >= 0.6 is 0 Å². The summed E-state index contributed by atoms with van der Waals surface area (Å²) in [5.74, 6) is 1.56. The fourth-order valence-electron chi connectivity index (χ4n) is 2.10. The summed E-state index contributed by atoms with van der Waals surface area (Å²) < 4.78 is 3.65. The number of hydrogen-bond acceptors (Lipinski definition) is 6. The van der Waals surface area contributed by atoms with E-state index in [0.29, 0.717) is 35.4 Å². The molecule has 0 aliphatic carbocycles. The highest BCUT2D eigenvalue weighted by atomic mass is 15.4. The molecule has 20 heavy (non-hydrogen) atoms. The van der Waals surface area contributed by atoms with Gasteiger partial charge >= 0.3 is 0 Å². The number of nitrogen functional groups attached to an aromatic ring is 1. The van der Waals surface area contributed by atoms with Gasteiger partial charge in [-0.1, -0.05) is 0 Å². The molecule has 0 spiro atoms. The van der Waals surface area contributed by atoms with Crippen LogP contribution in [0.1, 0.15) is 13.8 Å². The van der Waals surface area contributed by atoms with Gasteiger partial charge in [-0.15, -0.1) is 0 Å². The van der Waals surface area contributed by atoms with Crippen LogP contribution in [-0.2, 0) is 6.54 Å². The van der Waals surface area contributed by atoms with Gasteiger partial charge in [0.2, 0.25) is 11.9 Å². The van der Waals surface area contributed by atoms with Crippen LogP contribution in [0, 0.1) is 0 Å². The molecule has 0 bridgehead atoms. The second-order valence-corrected chi connectivity index (χ2v) is 4.24. The molecule has 0 radical (unpaired) electrons. The molecule has 0 saturated carbocycles. The molecule has 3 rings (SSSR count). The first-order valence-electron chi connectivity index (χ1n) is 6.52. The van der Waals surface area contributed by atoms with Gasteiger partial charge in [-0.25, -0.2) is 9.67 Å². The van der Waals surface area contributed by atoms with Crippen LogP contribution in [0.4, 0.5) is 11.8 Å². The lowest BCUT2D eigenvalue weighted by Gasteiger charge is -2.06. The van der Waals surface area contributed by atoms with Crippen molar-refractivity contribution in [3.63, 3.8) is 0 Å². The largest absolute Gasteiger partial charge is 0.382 e. The van der Waals surface area contributed by atoms with Crippen LogP contribution in [0.3, 0.4) is 0 Å². The van der Waals surface area contributed by atoms with E-state index in [-0.39, 0.29) is 0 Å². The minimum absolute atomic E-state index is 0.367. The van der Waals surface area contributed by atoms with Crippen molar-refractivity contribution in [2.24, 2.45) is 0 Å². The van der Waals surface area contributed by atoms with Gasteiger partial charge in [0.25, 0.3) is 0 Å². The highest BCUT2D eigenvalue weighted by molar-refractivity contribution is 5.84. The summed E-state index contributed by atoms with van der Waals surface area (Å²) in [7, 11) is 0. The Morgan fingerprint density at radius 3 is 2.75 bits per heavy atom. The number of nitrogens with zero attached hydrogens (tertiary/aromatic N) is 6. The average Bonchev–Trinajstić information content (AvgIpc) is 3.05. The Morgan fingerprint density at radius 1 is 1.25 bits per heavy atom. The Hall–Kier alpha value is -2.64. The second-order valence-electron chi connectivity index (χ2n) is 4.24. The van der Waals surface area contributed by atoms with Crippen LogP contribution in [0.25, 0.3) is 17.1 Å². The zero-order valence-electron chi connectivity index (χ0n) is 11.4. The molecule has 0 unspecified atom stereocenters. The van der Waals surface area contributed by atoms with Crippen molar-refractivity contribution in [1.29, 1.82) is 0 Å². The molecule has 0 atom stereocenters. The first kappa shape index (κ1) is 12.4. The van der Waals surface area contributed by atoms with E-state index >= 15 is 0 Å². The molecule has 0 amide bonds. The van der Waals surface area contributed by atoms with E-state index in [1.807, 2.05) is 30.7 Å². The number of nitrogens with one attached hydrogen (secondary N) is 1. The van der Waals surface area contributed by atoms with Gasteiger partial charge in [0.15, 0.2) is 17.0 Å². The Balaban J connectivity index is 2.26. The minimum Gasteiger partial charge on any atom is -0.382 e. The van der Waals surface area contributed by atoms with E-state index < -0.39 is 0 Å². The normalized spacial score (nSPS) is 11.1. The number of rotatable bonds is 4. The van der Waals surface area contributed by atoms with E-state index in [4.69, 9.17) is 5.73 Å². The minimum atomic E-state index is 0.367. The van der Waals surface area contributed by atoms with Crippen LogP contribution in [-0.4, -0.2) is 35.8 Å². The molecule has 104 valence electrons. The fraction of sp³-hybridized carbons (Fsp3) is 0.333. The van der Waals surface area contributed by atoms with Gasteiger partial charge < -0.3 is 11.1 Å².